The molecule has 1 aromatic rings. The minimum Gasteiger partial charge on any atom is -0.382 e. The van der Waals surface area contributed by atoms with Crippen LogP contribution in [0.1, 0.15) is 18.9 Å². The molecule has 0 bridgehead atoms. The van der Waals surface area contributed by atoms with Crippen LogP contribution in [-0.4, -0.2) is 25.2 Å². The lowest BCUT2D eigenvalue weighted by Gasteiger charge is -2.34. The molecule has 92 valence electrons. The lowest BCUT2D eigenvalue weighted by molar-refractivity contribution is -0.119. The third-order valence-electron chi connectivity index (χ3n) is 3.07. The molecule has 0 radical (unpaired) electrons. The average Bonchev–Trinajstić information content (AvgIpc) is 2.55. The fourth-order valence-electron chi connectivity index (χ4n) is 2.22. The van der Waals surface area contributed by atoms with E-state index < -0.39 is 0 Å². The van der Waals surface area contributed by atoms with Gasteiger partial charge in [0.2, 0.25) is 5.91 Å². The number of nitrogens with one attached hydrogen (secondary N) is 1. The van der Waals surface area contributed by atoms with Gasteiger partial charge in [0.15, 0.2) is 0 Å². The molecule has 1 N–H and O–H groups in total. The molecule has 1 atom stereocenters. The summed E-state index contributed by atoms with van der Waals surface area (Å²) < 4.78 is 5.22. The van der Waals surface area contributed by atoms with E-state index in [4.69, 9.17) is 4.74 Å². The average molecular weight is 234 g/mol. The third kappa shape index (κ3) is 2.26. The topological polar surface area (TPSA) is 41.6 Å². The number of methoxy groups -OCH3 is 1. The first-order valence-electron chi connectivity index (χ1n) is 5.70. The number of carbonyl (C=O) groups is 1. The maximum Gasteiger partial charge on any atom is 0.241 e. The van der Waals surface area contributed by atoms with Crippen LogP contribution >= 0.6 is 0 Å². The molecule has 1 fully saturated rings. The van der Waals surface area contributed by atoms with Crippen LogP contribution in [0.5, 0.6) is 0 Å². The molecule has 1 saturated heterocycles. The van der Waals surface area contributed by atoms with E-state index in [0.29, 0.717) is 13.0 Å². The molecular weight excluding hydrogens is 216 g/mol. The van der Waals surface area contributed by atoms with Gasteiger partial charge in [0.25, 0.3) is 0 Å². The number of benzene rings is 1. The zero-order valence-electron chi connectivity index (χ0n) is 10.5. The van der Waals surface area contributed by atoms with Crippen molar-refractivity contribution in [1.82, 2.24) is 5.43 Å². The quantitative estimate of drug-likeness (QED) is 0.864. The van der Waals surface area contributed by atoms with Gasteiger partial charge in [-0.05, 0) is 26.0 Å². The van der Waals surface area contributed by atoms with Crippen molar-refractivity contribution in [3.63, 3.8) is 0 Å². The van der Waals surface area contributed by atoms with Crippen molar-refractivity contribution >= 4 is 11.6 Å². The molecule has 1 aliphatic heterocycles. The predicted molar refractivity (Wildman–Crippen MR) is 66.7 cm³/mol. The largest absolute Gasteiger partial charge is 0.382 e. The van der Waals surface area contributed by atoms with Gasteiger partial charge in [-0.3, -0.25) is 15.2 Å². The van der Waals surface area contributed by atoms with Crippen molar-refractivity contribution < 1.29 is 9.53 Å². The molecule has 17 heavy (non-hydrogen) atoms. The fraction of sp³-hybridized carbons (Fsp3) is 0.462. The van der Waals surface area contributed by atoms with Crippen molar-refractivity contribution in [2.24, 2.45) is 0 Å². The van der Waals surface area contributed by atoms with Crippen molar-refractivity contribution in [2.45, 2.75) is 25.8 Å². The molecule has 4 heteroatoms. The smallest absolute Gasteiger partial charge is 0.241 e. The number of carbonyl (C=O) groups excluding carboxylic acids is 1. The van der Waals surface area contributed by atoms with E-state index in [-0.39, 0.29) is 11.4 Å². The Morgan fingerprint density at radius 3 is 2.65 bits per heavy atom. The molecule has 2 rings (SSSR count). The molecular formula is C13H18N2O2. The first kappa shape index (κ1) is 11.9. The van der Waals surface area contributed by atoms with Crippen LogP contribution in [0.3, 0.4) is 0 Å². The second-order valence-electron chi connectivity index (χ2n) is 4.81. The first-order chi connectivity index (χ1) is 8.05. The van der Waals surface area contributed by atoms with E-state index in [9.17, 15) is 4.79 Å². The fourth-order valence-corrected chi connectivity index (χ4v) is 2.22. The normalized spacial score (nSPS) is 23.9. The second kappa shape index (κ2) is 4.37. The summed E-state index contributed by atoms with van der Waals surface area (Å²) in [5.74, 6) is 0.0325. The first-order valence-corrected chi connectivity index (χ1v) is 5.70. The minimum absolute atomic E-state index is 0.0325. The Morgan fingerprint density at radius 2 is 2.06 bits per heavy atom. The van der Waals surface area contributed by atoms with E-state index >= 15 is 0 Å². The van der Waals surface area contributed by atoms with E-state index in [0.717, 1.165) is 5.69 Å². The summed E-state index contributed by atoms with van der Waals surface area (Å²) in [6.07, 6.45) is 0.453. The number of anilines is 1. The number of hydrogen-bond donors (Lipinski definition) is 1. The standard InChI is InChI=1S/C13H18N2O2/c1-10-4-6-11(7-5-10)15-13(2,9-17-3)8-12(16)14-15/h4-7H,8-9H2,1-3H3,(H,14,16). The van der Waals surface area contributed by atoms with Crippen molar-refractivity contribution in [2.75, 3.05) is 18.7 Å². The molecule has 1 aromatic carbocycles. The molecule has 1 aliphatic rings. The van der Waals surface area contributed by atoms with Gasteiger partial charge in [0.05, 0.1) is 24.3 Å². The Kier molecular flexibility index (Phi) is 3.07. The minimum atomic E-state index is -0.318. The summed E-state index contributed by atoms with van der Waals surface area (Å²) in [4.78, 5) is 11.6. The zero-order valence-corrected chi connectivity index (χ0v) is 10.5. The van der Waals surface area contributed by atoms with E-state index in [1.807, 2.05) is 43.1 Å². The summed E-state index contributed by atoms with van der Waals surface area (Å²) in [6.45, 7) is 4.58. The number of hydrazine groups is 1. The predicted octanol–water partition coefficient (Wildman–Crippen LogP) is 1.64. The third-order valence-corrected chi connectivity index (χ3v) is 3.07. The van der Waals surface area contributed by atoms with Crippen LogP contribution < -0.4 is 10.4 Å². The Labute approximate surface area is 102 Å². The van der Waals surface area contributed by atoms with Gasteiger partial charge in [-0.2, -0.15) is 0 Å². The van der Waals surface area contributed by atoms with Crippen molar-refractivity contribution in [3.05, 3.63) is 29.8 Å². The highest BCUT2D eigenvalue weighted by atomic mass is 16.5. The number of aryl methyl sites for hydroxylation is 1. The maximum absolute atomic E-state index is 11.6. The number of nitrogens with zero attached hydrogens (tertiary/aromatic N) is 1. The molecule has 1 unspecified atom stereocenters. The Hall–Kier alpha value is -1.55. The summed E-state index contributed by atoms with van der Waals surface area (Å²) >= 11 is 0. The van der Waals surface area contributed by atoms with Gasteiger partial charge < -0.3 is 4.74 Å². The molecule has 4 nitrogen and oxygen atoms in total. The van der Waals surface area contributed by atoms with Crippen LogP contribution in [0.2, 0.25) is 0 Å². The SMILES string of the molecule is COCC1(C)CC(=O)NN1c1ccc(C)cc1. The number of amides is 1. The molecule has 1 heterocycles. The Balaban J connectivity index is 2.29. The van der Waals surface area contributed by atoms with Crippen molar-refractivity contribution in [1.29, 1.82) is 0 Å². The molecule has 0 spiro atoms. The number of rotatable bonds is 3. The van der Waals surface area contributed by atoms with Crippen molar-refractivity contribution in [3.8, 4) is 0 Å². The highest BCUT2D eigenvalue weighted by Crippen LogP contribution is 2.29. The van der Waals surface area contributed by atoms with E-state index in [1.165, 1.54) is 5.56 Å². The van der Waals surface area contributed by atoms with Crippen LogP contribution in [0.4, 0.5) is 5.69 Å². The zero-order chi connectivity index (χ0) is 12.5. The summed E-state index contributed by atoms with van der Waals surface area (Å²) in [7, 11) is 1.65. The lowest BCUT2D eigenvalue weighted by atomic mass is 9.99. The molecule has 1 amide bonds. The molecule has 0 aromatic heterocycles. The van der Waals surface area contributed by atoms with Gasteiger partial charge >= 0.3 is 0 Å². The monoisotopic (exact) mass is 234 g/mol. The highest BCUT2D eigenvalue weighted by Gasteiger charge is 2.41. The van der Waals surface area contributed by atoms with E-state index in [2.05, 4.69) is 5.43 Å². The van der Waals surface area contributed by atoms with E-state index in [1.54, 1.807) is 7.11 Å². The van der Waals surface area contributed by atoms with Gasteiger partial charge in [0.1, 0.15) is 0 Å². The van der Waals surface area contributed by atoms with Gasteiger partial charge in [-0.25, -0.2) is 0 Å². The Bertz CT molecular complexity index is 416. The number of hydrogen-bond acceptors (Lipinski definition) is 3. The van der Waals surface area contributed by atoms with Crippen LogP contribution in [-0.2, 0) is 9.53 Å². The Morgan fingerprint density at radius 1 is 1.41 bits per heavy atom. The lowest BCUT2D eigenvalue weighted by Crippen LogP contribution is -2.49. The van der Waals surface area contributed by atoms with Crippen LogP contribution in [0.25, 0.3) is 0 Å². The van der Waals surface area contributed by atoms with Crippen LogP contribution in [0.15, 0.2) is 24.3 Å². The second-order valence-corrected chi connectivity index (χ2v) is 4.81. The molecule has 0 saturated carbocycles. The maximum atomic E-state index is 11.6. The number of ether oxygens (including phenoxy) is 1. The summed E-state index contributed by atoms with van der Waals surface area (Å²) in [5.41, 5.74) is 4.75. The highest BCUT2D eigenvalue weighted by molar-refractivity contribution is 5.84. The molecule has 0 aliphatic carbocycles. The summed E-state index contributed by atoms with van der Waals surface area (Å²) in [5, 5.41) is 1.90. The summed E-state index contributed by atoms with van der Waals surface area (Å²) in [6, 6.07) is 8.09. The van der Waals surface area contributed by atoms with Crippen LogP contribution in [0, 0.1) is 6.92 Å². The van der Waals surface area contributed by atoms with Gasteiger partial charge in [0, 0.05) is 7.11 Å². The van der Waals surface area contributed by atoms with Gasteiger partial charge in [-0.1, -0.05) is 17.7 Å². The van der Waals surface area contributed by atoms with Gasteiger partial charge in [-0.15, -0.1) is 0 Å².